The molecule has 2 N–H and O–H groups in total. The van der Waals surface area contributed by atoms with Crippen LogP contribution in [0.4, 0.5) is 11.4 Å². The Hall–Kier alpha value is -3.25. The molecule has 0 saturated carbocycles. The van der Waals surface area contributed by atoms with Gasteiger partial charge in [0.2, 0.25) is 5.69 Å². The van der Waals surface area contributed by atoms with E-state index in [0.717, 1.165) is 52.6 Å². The van der Waals surface area contributed by atoms with E-state index in [9.17, 15) is 24.3 Å². The van der Waals surface area contributed by atoms with Crippen LogP contribution in [-0.2, 0) is 26.6 Å². The fraction of sp³-hybridized carbons (Fsp3) is 0.355. The summed E-state index contributed by atoms with van der Waals surface area (Å²) in [6, 6.07) is 10.7. The van der Waals surface area contributed by atoms with Crippen molar-refractivity contribution in [2.45, 2.75) is 58.8 Å². The van der Waals surface area contributed by atoms with E-state index >= 15 is 0 Å². The number of fused-ring (bicyclic) bond motifs is 2. The Morgan fingerprint density at radius 3 is 2.36 bits per heavy atom. The summed E-state index contributed by atoms with van der Waals surface area (Å²) in [6.07, 6.45) is 10.2. The van der Waals surface area contributed by atoms with E-state index < -0.39 is 19.0 Å². The van der Waals surface area contributed by atoms with E-state index in [2.05, 4.69) is 63.2 Å². The Labute approximate surface area is 230 Å². The molecule has 8 heteroatoms. The van der Waals surface area contributed by atoms with Gasteiger partial charge in [-0.3, -0.25) is 4.79 Å². The minimum absolute atomic E-state index is 0.00453. The molecule has 7 nitrogen and oxygen atoms in total. The smallest absolute Gasteiger partial charge is 0.307 e. The first-order chi connectivity index (χ1) is 18.2. The van der Waals surface area contributed by atoms with Crippen LogP contribution in [0, 0.1) is 0 Å². The molecular formula is C31H37N2O5P. The second kappa shape index (κ2) is 10.4. The molecule has 0 aliphatic carbocycles. The summed E-state index contributed by atoms with van der Waals surface area (Å²) in [5.41, 5.74) is 6.31. The summed E-state index contributed by atoms with van der Waals surface area (Å²) < 4.78 is 13.9. The van der Waals surface area contributed by atoms with Crippen LogP contribution in [0.2, 0.25) is 0 Å². The highest BCUT2D eigenvalue weighted by Crippen LogP contribution is 2.48. The number of carbonyl (C=O) groups is 1. The van der Waals surface area contributed by atoms with Gasteiger partial charge >= 0.3 is 5.97 Å². The Bertz CT molecular complexity index is 1490. The van der Waals surface area contributed by atoms with Crippen molar-refractivity contribution >= 4 is 36.0 Å². The maximum atomic E-state index is 11.8. The van der Waals surface area contributed by atoms with Crippen molar-refractivity contribution in [2.24, 2.45) is 0 Å². The average Bonchev–Trinajstić information content (AvgIpc) is 3.20. The van der Waals surface area contributed by atoms with Crippen molar-refractivity contribution in [3.63, 3.8) is 0 Å². The molecule has 39 heavy (non-hydrogen) atoms. The number of rotatable bonds is 8. The molecule has 1 unspecified atom stereocenters. The number of anilines is 1. The third-order valence-corrected chi connectivity index (χ3v) is 8.81. The van der Waals surface area contributed by atoms with Crippen LogP contribution in [0.1, 0.15) is 58.2 Å². The van der Waals surface area contributed by atoms with E-state index in [1.807, 2.05) is 36.4 Å². The molecule has 0 bridgehead atoms. The second-order valence-corrected chi connectivity index (χ2v) is 12.6. The zero-order valence-electron chi connectivity index (χ0n) is 23.4. The Morgan fingerprint density at radius 1 is 1.03 bits per heavy atom. The molecule has 0 fully saturated rings. The molecule has 206 valence electrons. The summed E-state index contributed by atoms with van der Waals surface area (Å²) in [4.78, 5) is 34.8. The van der Waals surface area contributed by atoms with Crippen LogP contribution < -0.4 is 15.1 Å². The Morgan fingerprint density at radius 2 is 1.74 bits per heavy atom. The van der Waals surface area contributed by atoms with Crippen molar-refractivity contribution < 1.29 is 28.8 Å². The first-order valence-corrected chi connectivity index (χ1v) is 14.8. The molecular weight excluding hydrogens is 511 g/mol. The molecule has 0 aromatic heterocycles. The van der Waals surface area contributed by atoms with Crippen LogP contribution in [0.3, 0.4) is 0 Å². The van der Waals surface area contributed by atoms with Crippen LogP contribution in [0.25, 0.3) is 0 Å². The standard InChI is InChI=1S/C31H37N2O5P/c1-7-32-25-16-14-21(19-29(34)35)18-23(25)30(3,4)27(32)12-10-9-11-13-28-31(5,6)24-20-22(39(36,37)38)15-17-26(24)33(28)8-2/h9-18,20H,7-8,19H2,1-6H3,(H2-,34,35,36,37,38). The summed E-state index contributed by atoms with van der Waals surface area (Å²) in [6.45, 7) is 14.1. The molecule has 0 spiro atoms. The predicted molar refractivity (Wildman–Crippen MR) is 155 cm³/mol. The van der Waals surface area contributed by atoms with Gasteiger partial charge in [-0.2, -0.15) is 4.58 Å². The van der Waals surface area contributed by atoms with Crippen molar-refractivity contribution in [3.8, 4) is 0 Å². The minimum atomic E-state index is -4.59. The molecule has 2 aliphatic heterocycles. The molecule has 2 aliphatic rings. The van der Waals surface area contributed by atoms with Gasteiger partial charge in [0.25, 0.3) is 0 Å². The molecule has 2 heterocycles. The lowest BCUT2D eigenvalue weighted by atomic mass is 9.81. The number of hydrogen-bond acceptors (Lipinski definition) is 4. The SMILES string of the molecule is CCN1/C(=C/C=C/C=C/C2=[N+](CC)c3ccc(P(=O)([O-])O)cc3C2(C)C)C(C)(C)c2cc(CC(=O)O)ccc21. The lowest BCUT2D eigenvalue weighted by molar-refractivity contribution is -0.433. The van der Waals surface area contributed by atoms with Crippen LogP contribution in [0.5, 0.6) is 0 Å². The number of nitrogens with zero attached hydrogens (tertiary/aromatic N) is 2. The lowest BCUT2D eigenvalue weighted by Gasteiger charge is -2.25. The van der Waals surface area contributed by atoms with Gasteiger partial charge in [-0.05, 0) is 63.1 Å². The number of carboxylic acids is 1. The normalized spacial score (nSPS) is 20.2. The van der Waals surface area contributed by atoms with Crippen molar-refractivity contribution in [1.82, 2.24) is 0 Å². The number of allylic oxidation sites excluding steroid dienone is 6. The number of likely N-dealkylation sites (N-methyl/N-ethyl adjacent to an activating group) is 1. The number of hydrogen-bond donors (Lipinski definition) is 2. The third kappa shape index (κ3) is 5.19. The number of benzene rings is 2. The summed E-state index contributed by atoms with van der Waals surface area (Å²) in [5.74, 6) is -0.837. The first kappa shape index (κ1) is 28.8. The maximum Gasteiger partial charge on any atom is 0.307 e. The highest BCUT2D eigenvalue weighted by atomic mass is 31.2. The quantitative estimate of drug-likeness (QED) is 0.282. The highest BCUT2D eigenvalue weighted by molar-refractivity contribution is 7.58. The van der Waals surface area contributed by atoms with Gasteiger partial charge in [0, 0.05) is 46.4 Å². The van der Waals surface area contributed by atoms with Gasteiger partial charge in [-0.25, -0.2) is 0 Å². The fourth-order valence-electron chi connectivity index (χ4n) is 5.89. The van der Waals surface area contributed by atoms with Gasteiger partial charge < -0.3 is 24.4 Å². The number of aliphatic carboxylic acids is 1. The topological polar surface area (TPSA) is 104 Å². The third-order valence-electron chi connectivity index (χ3n) is 7.88. The van der Waals surface area contributed by atoms with Gasteiger partial charge in [0.05, 0.1) is 11.8 Å². The lowest BCUT2D eigenvalue weighted by Crippen LogP contribution is -2.28. The van der Waals surface area contributed by atoms with Gasteiger partial charge in [-0.15, -0.1) is 0 Å². The van der Waals surface area contributed by atoms with Crippen molar-refractivity contribution in [3.05, 3.63) is 89.2 Å². The second-order valence-electron chi connectivity index (χ2n) is 11.1. The van der Waals surface area contributed by atoms with E-state index in [4.69, 9.17) is 0 Å². The van der Waals surface area contributed by atoms with Crippen molar-refractivity contribution in [2.75, 3.05) is 18.0 Å². The zero-order chi connectivity index (χ0) is 28.8. The monoisotopic (exact) mass is 548 g/mol. The first-order valence-electron chi connectivity index (χ1n) is 13.3. The molecule has 1 atom stereocenters. The molecule has 0 saturated heterocycles. The molecule has 2 aromatic rings. The van der Waals surface area contributed by atoms with Gasteiger partial charge in [0.1, 0.15) is 6.54 Å². The maximum absolute atomic E-state index is 11.8. The van der Waals surface area contributed by atoms with Crippen LogP contribution >= 0.6 is 7.60 Å². The van der Waals surface area contributed by atoms with Crippen LogP contribution in [-0.4, -0.2) is 39.3 Å². The van der Waals surface area contributed by atoms with Crippen molar-refractivity contribution in [1.29, 1.82) is 0 Å². The Kier molecular flexibility index (Phi) is 7.65. The molecule has 4 rings (SSSR count). The highest BCUT2D eigenvalue weighted by Gasteiger charge is 2.44. The number of carboxylic acid groups (broad SMARTS) is 1. The molecule has 0 amide bonds. The molecule has 2 aromatic carbocycles. The average molecular weight is 549 g/mol. The van der Waals surface area contributed by atoms with E-state index in [-0.39, 0.29) is 17.1 Å². The summed E-state index contributed by atoms with van der Waals surface area (Å²) in [7, 11) is -4.59. The fourth-order valence-corrected chi connectivity index (χ4v) is 6.44. The van der Waals surface area contributed by atoms with Gasteiger partial charge in [0.15, 0.2) is 13.3 Å². The van der Waals surface area contributed by atoms with Gasteiger partial charge in [-0.1, -0.05) is 44.2 Å². The van der Waals surface area contributed by atoms with E-state index in [0.29, 0.717) is 0 Å². The van der Waals surface area contributed by atoms with Crippen LogP contribution in [0.15, 0.2) is 72.5 Å². The molecule has 0 radical (unpaired) electrons. The minimum Gasteiger partial charge on any atom is -0.775 e. The Balaban J connectivity index is 1.61. The van der Waals surface area contributed by atoms with E-state index in [1.54, 1.807) is 12.1 Å². The largest absolute Gasteiger partial charge is 0.775 e. The summed E-state index contributed by atoms with van der Waals surface area (Å²) in [5, 5.41) is 9.15. The van der Waals surface area contributed by atoms with E-state index in [1.165, 1.54) is 6.07 Å². The predicted octanol–water partition coefficient (Wildman–Crippen LogP) is 4.69. The zero-order valence-corrected chi connectivity index (χ0v) is 24.3. The summed E-state index contributed by atoms with van der Waals surface area (Å²) >= 11 is 0.